The van der Waals surface area contributed by atoms with Gasteiger partial charge >= 0.3 is 0 Å². The Morgan fingerprint density at radius 2 is 1.50 bits per heavy atom. The first kappa shape index (κ1) is 16.9. The van der Waals surface area contributed by atoms with E-state index in [9.17, 15) is 0 Å². The van der Waals surface area contributed by atoms with Gasteiger partial charge in [-0.25, -0.2) is 0 Å². The first-order chi connectivity index (χ1) is 9.79. The van der Waals surface area contributed by atoms with Gasteiger partial charge in [0.15, 0.2) is 0 Å². The Morgan fingerprint density at radius 1 is 0.950 bits per heavy atom. The Hall–Kier alpha value is -1.14. The van der Waals surface area contributed by atoms with Crippen molar-refractivity contribution in [3.63, 3.8) is 0 Å². The van der Waals surface area contributed by atoms with E-state index in [0.29, 0.717) is 32.7 Å². The number of ether oxygens (including phenoxy) is 4. The molecule has 20 heavy (non-hydrogen) atoms. The smallest absolute Gasteiger partial charge is 0.146 e. The Kier molecular flexibility index (Phi) is 8.98. The fraction of sp³-hybridized carbons (Fsp3) is 0.600. The maximum atomic E-state index is 6.05. The number of nitrogen functional groups attached to an aromatic ring is 1. The summed E-state index contributed by atoms with van der Waals surface area (Å²) in [6.45, 7) is 1.91. The molecule has 0 amide bonds. The summed E-state index contributed by atoms with van der Waals surface area (Å²) >= 11 is 0. The van der Waals surface area contributed by atoms with Crippen molar-refractivity contribution in [2.45, 2.75) is 18.8 Å². The van der Waals surface area contributed by atoms with Crippen LogP contribution in [0.15, 0.2) is 24.3 Å². The van der Waals surface area contributed by atoms with E-state index >= 15 is 0 Å². The lowest BCUT2D eigenvalue weighted by Crippen LogP contribution is -2.11. The molecule has 1 rings (SSSR count). The number of nitrogens with two attached hydrogens (primary N) is 1. The topological polar surface area (TPSA) is 62.9 Å². The molecule has 0 saturated heterocycles. The normalized spacial score (nSPS) is 11.2. The number of hydrogen-bond acceptors (Lipinski definition) is 5. The van der Waals surface area contributed by atoms with Crippen molar-refractivity contribution >= 4 is 5.69 Å². The SMILES string of the molecule is COCOCCC(CCOCOC)c1ccccc1N. The van der Waals surface area contributed by atoms with Crippen LogP contribution < -0.4 is 5.73 Å². The van der Waals surface area contributed by atoms with Gasteiger partial charge in [-0.2, -0.15) is 0 Å². The van der Waals surface area contributed by atoms with E-state index in [2.05, 4.69) is 6.07 Å². The summed E-state index contributed by atoms with van der Waals surface area (Å²) in [4.78, 5) is 0. The van der Waals surface area contributed by atoms with E-state index < -0.39 is 0 Å². The minimum Gasteiger partial charge on any atom is -0.398 e. The molecule has 1 aromatic carbocycles. The summed E-state index contributed by atoms with van der Waals surface area (Å²) in [7, 11) is 3.23. The molecule has 0 aliphatic rings. The predicted octanol–water partition coefficient (Wildman–Crippen LogP) is 2.37. The summed E-state index contributed by atoms with van der Waals surface area (Å²) in [5.74, 6) is 0.310. The van der Waals surface area contributed by atoms with Gasteiger partial charge in [0.2, 0.25) is 0 Å². The third-order valence-electron chi connectivity index (χ3n) is 3.06. The van der Waals surface area contributed by atoms with Crippen LogP contribution in [-0.4, -0.2) is 41.0 Å². The van der Waals surface area contributed by atoms with Gasteiger partial charge in [0.05, 0.1) is 13.2 Å². The molecule has 0 aliphatic carbocycles. The zero-order valence-electron chi connectivity index (χ0n) is 12.3. The third-order valence-corrected chi connectivity index (χ3v) is 3.06. The monoisotopic (exact) mass is 283 g/mol. The van der Waals surface area contributed by atoms with Gasteiger partial charge in [-0.05, 0) is 30.4 Å². The average molecular weight is 283 g/mol. The molecule has 0 atom stereocenters. The van der Waals surface area contributed by atoms with Gasteiger partial charge in [-0.3, -0.25) is 0 Å². The Balaban J connectivity index is 2.52. The van der Waals surface area contributed by atoms with Crippen molar-refractivity contribution < 1.29 is 18.9 Å². The van der Waals surface area contributed by atoms with Crippen molar-refractivity contribution in [2.75, 3.05) is 46.8 Å². The molecule has 0 aliphatic heterocycles. The van der Waals surface area contributed by atoms with Gasteiger partial charge in [-0.1, -0.05) is 18.2 Å². The quantitative estimate of drug-likeness (QED) is 0.384. The highest BCUT2D eigenvalue weighted by molar-refractivity contribution is 5.48. The Labute approximate surface area is 121 Å². The largest absolute Gasteiger partial charge is 0.398 e. The van der Waals surface area contributed by atoms with Crippen LogP contribution in [0.2, 0.25) is 0 Å². The molecule has 5 nitrogen and oxygen atoms in total. The van der Waals surface area contributed by atoms with E-state index in [1.807, 2.05) is 18.2 Å². The van der Waals surface area contributed by atoms with Gasteiger partial charge in [-0.15, -0.1) is 0 Å². The zero-order valence-corrected chi connectivity index (χ0v) is 12.3. The first-order valence-corrected chi connectivity index (χ1v) is 6.77. The predicted molar refractivity (Wildman–Crippen MR) is 78.5 cm³/mol. The van der Waals surface area contributed by atoms with Crippen LogP contribution in [0.3, 0.4) is 0 Å². The molecule has 114 valence electrons. The minimum atomic E-state index is 0.310. The summed E-state index contributed by atoms with van der Waals surface area (Å²) in [6, 6.07) is 7.93. The Bertz CT molecular complexity index is 347. The van der Waals surface area contributed by atoms with Gasteiger partial charge < -0.3 is 24.7 Å². The molecule has 2 N–H and O–H groups in total. The molecule has 5 heteroatoms. The van der Waals surface area contributed by atoms with E-state index in [4.69, 9.17) is 24.7 Å². The van der Waals surface area contributed by atoms with Crippen molar-refractivity contribution in [2.24, 2.45) is 0 Å². The second-order valence-corrected chi connectivity index (χ2v) is 4.53. The average Bonchev–Trinajstić information content (AvgIpc) is 2.46. The molecule has 0 saturated carbocycles. The summed E-state index contributed by atoms with van der Waals surface area (Å²) in [5, 5.41) is 0. The lowest BCUT2D eigenvalue weighted by atomic mass is 9.92. The maximum absolute atomic E-state index is 6.05. The number of para-hydroxylation sites is 1. The first-order valence-electron chi connectivity index (χ1n) is 6.77. The molecule has 0 fully saturated rings. The second kappa shape index (κ2) is 10.6. The lowest BCUT2D eigenvalue weighted by Gasteiger charge is -2.19. The van der Waals surface area contributed by atoms with Crippen molar-refractivity contribution in [3.05, 3.63) is 29.8 Å². The number of hydrogen-bond donors (Lipinski definition) is 1. The van der Waals surface area contributed by atoms with Crippen LogP contribution >= 0.6 is 0 Å². The number of anilines is 1. The third kappa shape index (κ3) is 6.34. The van der Waals surface area contributed by atoms with Gasteiger partial charge in [0, 0.05) is 19.9 Å². The molecule has 0 radical (unpaired) electrons. The summed E-state index contributed by atoms with van der Waals surface area (Å²) < 4.78 is 20.5. The molecule has 0 spiro atoms. The van der Waals surface area contributed by atoms with Crippen LogP contribution in [0.5, 0.6) is 0 Å². The Morgan fingerprint density at radius 3 is 2.00 bits per heavy atom. The fourth-order valence-electron chi connectivity index (χ4n) is 2.07. The van der Waals surface area contributed by atoms with Crippen LogP contribution in [-0.2, 0) is 18.9 Å². The van der Waals surface area contributed by atoms with E-state index in [1.165, 1.54) is 0 Å². The minimum absolute atomic E-state index is 0.310. The van der Waals surface area contributed by atoms with Gasteiger partial charge in [0.25, 0.3) is 0 Å². The number of methoxy groups -OCH3 is 2. The van der Waals surface area contributed by atoms with Crippen molar-refractivity contribution in [1.82, 2.24) is 0 Å². The van der Waals surface area contributed by atoms with Crippen molar-refractivity contribution in [3.8, 4) is 0 Å². The molecule has 0 bridgehead atoms. The van der Waals surface area contributed by atoms with Crippen molar-refractivity contribution in [1.29, 1.82) is 0 Å². The molecule has 0 unspecified atom stereocenters. The molecule has 0 aromatic heterocycles. The number of rotatable bonds is 11. The van der Waals surface area contributed by atoms with Crippen LogP contribution in [0.25, 0.3) is 0 Å². The second-order valence-electron chi connectivity index (χ2n) is 4.53. The fourth-order valence-corrected chi connectivity index (χ4v) is 2.07. The lowest BCUT2D eigenvalue weighted by molar-refractivity contribution is -0.0398. The molecule has 0 heterocycles. The number of benzene rings is 1. The van der Waals surface area contributed by atoms with Crippen LogP contribution in [0.1, 0.15) is 24.3 Å². The highest BCUT2D eigenvalue weighted by atomic mass is 16.7. The zero-order chi connectivity index (χ0) is 14.6. The highest BCUT2D eigenvalue weighted by Crippen LogP contribution is 2.28. The van der Waals surface area contributed by atoms with E-state index in [1.54, 1.807) is 14.2 Å². The molecule has 1 aromatic rings. The van der Waals surface area contributed by atoms with Crippen LogP contribution in [0.4, 0.5) is 5.69 Å². The summed E-state index contributed by atoms with van der Waals surface area (Å²) in [6.07, 6.45) is 1.77. The van der Waals surface area contributed by atoms with E-state index in [-0.39, 0.29) is 0 Å². The standard InChI is InChI=1S/C15H25NO4/c1-17-11-19-9-7-13(8-10-20-12-18-2)14-5-3-4-6-15(14)16/h3-6,13H,7-12,16H2,1-2H3. The van der Waals surface area contributed by atoms with Crippen LogP contribution in [0, 0.1) is 0 Å². The highest BCUT2D eigenvalue weighted by Gasteiger charge is 2.14. The maximum Gasteiger partial charge on any atom is 0.146 e. The van der Waals surface area contributed by atoms with Gasteiger partial charge in [0.1, 0.15) is 13.6 Å². The molecular formula is C15H25NO4. The molecular weight excluding hydrogens is 258 g/mol. The van der Waals surface area contributed by atoms with E-state index in [0.717, 1.165) is 24.1 Å². The summed E-state index contributed by atoms with van der Waals surface area (Å²) in [5.41, 5.74) is 8.01.